The molecule has 130 valence electrons. The Bertz CT molecular complexity index is 766. The Kier molecular flexibility index (Phi) is 6.52. The molecule has 0 radical (unpaired) electrons. The molecular weight excluding hydrogens is 317 g/mol. The average Bonchev–Trinajstić information content (AvgIpc) is 2.65. The predicted molar refractivity (Wildman–Crippen MR) is 98.0 cm³/mol. The molecule has 0 aliphatic heterocycles. The highest BCUT2D eigenvalue weighted by Crippen LogP contribution is 2.26. The van der Waals surface area contributed by atoms with E-state index < -0.39 is 5.97 Å². The molecule has 0 aliphatic carbocycles. The second-order valence-electron chi connectivity index (χ2n) is 5.46. The maximum atomic E-state index is 13.2. The SMILES string of the molecule is C=CN(Cc1ccccc1-c1ccc(F)cc1)/C(=C\CC)C(=O)OC. The first-order valence-corrected chi connectivity index (χ1v) is 8.12. The van der Waals surface area contributed by atoms with Crippen molar-refractivity contribution in [3.63, 3.8) is 0 Å². The molecule has 0 spiro atoms. The third-order valence-electron chi connectivity index (χ3n) is 3.84. The molecule has 0 atom stereocenters. The summed E-state index contributed by atoms with van der Waals surface area (Å²) >= 11 is 0. The van der Waals surface area contributed by atoms with Gasteiger partial charge in [0.1, 0.15) is 11.5 Å². The summed E-state index contributed by atoms with van der Waals surface area (Å²) in [5, 5.41) is 0. The van der Waals surface area contributed by atoms with E-state index in [4.69, 9.17) is 4.74 Å². The highest BCUT2D eigenvalue weighted by molar-refractivity contribution is 5.87. The minimum absolute atomic E-state index is 0.271. The number of rotatable bonds is 7. The number of carbonyl (C=O) groups is 1. The lowest BCUT2D eigenvalue weighted by molar-refractivity contribution is -0.137. The molecule has 0 amide bonds. The number of allylic oxidation sites excluding steroid dienone is 1. The van der Waals surface area contributed by atoms with E-state index in [-0.39, 0.29) is 5.82 Å². The van der Waals surface area contributed by atoms with Gasteiger partial charge in [0.15, 0.2) is 0 Å². The van der Waals surface area contributed by atoms with Crippen LogP contribution in [0.5, 0.6) is 0 Å². The van der Waals surface area contributed by atoms with Crippen LogP contribution in [0.3, 0.4) is 0 Å². The molecular formula is C21H22FNO2. The minimum Gasteiger partial charge on any atom is -0.464 e. The Hall–Kier alpha value is -2.88. The second-order valence-corrected chi connectivity index (χ2v) is 5.46. The zero-order valence-corrected chi connectivity index (χ0v) is 14.5. The van der Waals surface area contributed by atoms with Crippen molar-refractivity contribution < 1.29 is 13.9 Å². The molecule has 0 aromatic heterocycles. The lowest BCUT2D eigenvalue weighted by Crippen LogP contribution is -2.23. The molecule has 0 bridgehead atoms. The monoisotopic (exact) mass is 339 g/mol. The van der Waals surface area contributed by atoms with Crippen molar-refractivity contribution in [2.24, 2.45) is 0 Å². The molecule has 25 heavy (non-hydrogen) atoms. The van der Waals surface area contributed by atoms with E-state index >= 15 is 0 Å². The maximum Gasteiger partial charge on any atom is 0.354 e. The predicted octanol–water partition coefficient (Wildman–Crippen LogP) is 4.91. The molecule has 4 heteroatoms. The summed E-state index contributed by atoms with van der Waals surface area (Å²) in [6.45, 7) is 6.23. The number of esters is 1. The van der Waals surface area contributed by atoms with Gasteiger partial charge in [-0.15, -0.1) is 0 Å². The van der Waals surface area contributed by atoms with Gasteiger partial charge in [0.05, 0.1) is 7.11 Å². The molecule has 0 unspecified atom stereocenters. The Morgan fingerprint density at radius 1 is 1.20 bits per heavy atom. The largest absolute Gasteiger partial charge is 0.464 e. The van der Waals surface area contributed by atoms with Crippen LogP contribution in [-0.4, -0.2) is 18.0 Å². The highest BCUT2D eigenvalue weighted by Gasteiger charge is 2.17. The summed E-state index contributed by atoms with van der Waals surface area (Å²) < 4.78 is 18.1. The number of hydrogen-bond acceptors (Lipinski definition) is 3. The van der Waals surface area contributed by atoms with Gasteiger partial charge in [-0.3, -0.25) is 0 Å². The van der Waals surface area contributed by atoms with Crippen LogP contribution in [0, 0.1) is 5.82 Å². The fourth-order valence-corrected chi connectivity index (χ4v) is 2.62. The van der Waals surface area contributed by atoms with Crippen molar-refractivity contribution in [3.05, 3.63) is 84.5 Å². The summed E-state index contributed by atoms with van der Waals surface area (Å²) in [5.74, 6) is -0.672. The van der Waals surface area contributed by atoms with Crippen molar-refractivity contribution in [2.75, 3.05) is 7.11 Å². The van der Waals surface area contributed by atoms with Crippen LogP contribution in [0.1, 0.15) is 18.9 Å². The molecule has 0 heterocycles. The molecule has 2 rings (SSSR count). The van der Waals surface area contributed by atoms with Gasteiger partial charge < -0.3 is 9.64 Å². The van der Waals surface area contributed by atoms with E-state index in [1.807, 2.05) is 37.3 Å². The molecule has 0 fully saturated rings. The van der Waals surface area contributed by atoms with E-state index in [1.165, 1.54) is 19.2 Å². The highest BCUT2D eigenvalue weighted by atomic mass is 19.1. The van der Waals surface area contributed by atoms with Crippen LogP contribution in [0.4, 0.5) is 4.39 Å². The van der Waals surface area contributed by atoms with Gasteiger partial charge in [0, 0.05) is 6.54 Å². The van der Waals surface area contributed by atoms with Crippen molar-refractivity contribution in [2.45, 2.75) is 19.9 Å². The van der Waals surface area contributed by atoms with E-state index in [9.17, 15) is 9.18 Å². The molecule has 2 aromatic carbocycles. The molecule has 3 nitrogen and oxygen atoms in total. The number of hydrogen-bond donors (Lipinski definition) is 0. The van der Waals surface area contributed by atoms with Gasteiger partial charge in [-0.2, -0.15) is 0 Å². The Morgan fingerprint density at radius 3 is 2.48 bits per heavy atom. The Balaban J connectivity index is 2.38. The molecule has 0 N–H and O–H groups in total. The smallest absolute Gasteiger partial charge is 0.354 e. The first-order valence-electron chi connectivity index (χ1n) is 8.12. The summed E-state index contributed by atoms with van der Waals surface area (Å²) in [4.78, 5) is 13.8. The van der Waals surface area contributed by atoms with Crippen molar-refractivity contribution >= 4 is 5.97 Å². The molecule has 0 aliphatic rings. The van der Waals surface area contributed by atoms with E-state index in [2.05, 4.69) is 6.58 Å². The number of carbonyl (C=O) groups excluding carboxylic acids is 1. The van der Waals surface area contributed by atoms with Gasteiger partial charge in [0.25, 0.3) is 0 Å². The Labute approximate surface area is 148 Å². The average molecular weight is 339 g/mol. The summed E-state index contributed by atoms with van der Waals surface area (Å²) in [6.07, 6.45) is 4.13. The zero-order valence-electron chi connectivity index (χ0n) is 14.5. The number of nitrogens with zero attached hydrogens (tertiary/aromatic N) is 1. The first-order chi connectivity index (χ1) is 12.1. The zero-order chi connectivity index (χ0) is 18.2. The van der Waals surface area contributed by atoms with Crippen LogP contribution in [0.25, 0.3) is 11.1 Å². The van der Waals surface area contributed by atoms with Crippen molar-refractivity contribution in [1.82, 2.24) is 4.90 Å². The Morgan fingerprint density at radius 2 is 1.88 bits per heavy atom. The van der Waals surface area contributed by atoms with E-state index in [0.717, 1.165) is 16.7 Å². The summed E-state index contributed by atoms with van der Waals surface area (Å²) in [6, 6.07) is 14.2. The molecule has 0 saturated heterocycles. The van der Waals surface area contributed by atoms with Crippen LogP contribution < -0.4 is 0 Å². The van der Waals surface area contributed by atoms with E-state index in [0.29, 0.717) is 18.7 Å². The lowest BCUT2D eigenvalue weighted by atomic mass is 9.99. The van der Waals surface area contributed by atoms with Crippen LogP contribution in [0.2, 0.25) is 0 Å². The summed E-state index contributed by atoms with van der Waals surface area (Å²) in [7, 11) is 1.36. The van der Waals surface area contributed by atoms with Gasteiger partial charge in [-0.1, -0.05) is 56.0 Å². The quantitative estimate of drug-likeness (QED) is 0.530. The van der Waals surface area contributed by atoms with Crippen LogP contribution >= 0.6 is 0 Å². The standard InChI is InChI=1S/C21H22FNO2/c1-4-8-20(21(24)25-3)23(5-2)15-17-9-6-7-10-19(17)16-11-13-18(22)14-12-16/h5-14H,2,4,15H2,1,3H3/b20-8-. The minimum atomic E-state index is -0.402. The van der Waals surface area contributed by atoms with Gasteiger partial charge >= 0.3 is 5.97 Å². The fourth-order valence-electron chi connectivity index (χ4n) is 2.62. The number of methoxy groups -OCH3 is 1. The first kappa shape index (κ1) is 18.5. The number of halogens is 1. The lowest BCUT2D eigenvalue weighted by Gasteiger charge is -2.23. The van der Waals surface area contributed by atoms with Gasteiger partial charge in [0.2, 0.25) is 0 Å². The third-order valence-corrected chi connectivity index (χ3v) is 3.84. The summed E-state index contributed by atoms with van der Waals surface area (Å²) in [5.41, 5.74) is 3.35. The van der Waals surface area contributed by atoms with Crippen molar-refractivity contribution in [1.29, 1.82) is 0 Å². The molecule has 0 saturated carbocycles. The topological polar surface area (TPSA) is 29.5 Å². The maximum absolute atomic E-state index is 13.2. The van der Waals surface area contributed by atoms with Gasteiger partial charge in [-0.05, 0) is 41.4 Å². The second kappa shape index (κ2) is 8.83. The van der Waals surface area contributed by atoms with Crippen molar-refractivity contribution in [3.8, 4) is 11.1 Å². The normalized spacial score (nSPS) is 11.1. The van der Waals surface area contributed by atoms with E-state index in [1.54, 1.807) is 23.2 Å². The molecule has 2 aromatic rings. The third kappa shape index (κ3) is 4.57. The number of benzene rings is 2. The number of ether oxygens (including phenoxy) is 1. The fraction of sp³-hybridized carbons (Fsp3) is 0.190. The van der Waals surface area contributed by atoms with Crippen LogP contribution in [0.15, 0.2) is 73.1 Å². The van der Waals surface area contributed by atoms with Crippen LogP contribution in [-0.2, 0) is 16.1 Å². The van der Waals surface area contributed by atoms with Gasteiger partial charge in [-0.25, -0.2) is 9.18 Å².